The predicted octanol–water partition coefficient (Wildman–Crippen LogP) is 3.20. The molecule has 0 amide bonds. The second kappa shape index (κ2) is 8.47. The van der Waals surface area contributed by atoms with Crippen molar-refractivity contribution in [2.24, 2.45) is 0 Å². The van der Waals surface area contributed by atoms with Gasteiger partial charge in [-0.15, -0.1) is 0 Å². The normalized spacial score (nSPS) is 15.4. The number of fused-ring (bicyclic) bond motifs is 1. The first kappa shape index (κ1) is 21.6. The smallest absolute Gasteiger partial charge is 0.243 e. The highest BCUT2D eigenvalue weighted by molar-refractivity contribution is 7.89. The molecule has 1 fully saturated rings. The fourth-order valence-corrected chi connectivity index (χ4v) is 5.59. The SMILES string of the molecule is Cc1cc(C)n2cc(CNc3cc(S(=O)(=O)N4CCCCC4)ccc3N(C)C)nc2n1. The van der Waals surface area contributed by atoms with Gasteiger partial charge in [-0.25, -0.2) is 18.4 Å². The first-order valence-electron chi connectivity index (χ1n) is 10.6. The number of benzene rings is 1. The number of piperidine rings is 1. The standard InChI is InChI=1S/C22H30N6O2S/c1-16-12-17(2)28-15-18(25-22(28)24-16)14-23-20-13-19(8-9-21(20)26(3)4)31(29,30)27-10-6-5-7-11-27/h8-9,12-13,15,23H,5-7,10-11,14H2,1-4H3. The lowest BCUT2D eigenvalue weighted by molar-refractivity contribution is 0.346. The summed E-state index contributed by atoms with van der Waals surface area (Å²) in [5.41, 5.74) is 4.54. The quantitative estimate of drug-likeness (QED) is 0.631. The third-order valence-corrected chi connectivity index (χ3v) is 7.57. The Bertz CT molecular complexity index is 1200. The minimum atomic E-state index is -3.50. The molecule has 0 radical (unpaired) electrons. The van der Waals surface area contributed by atoms with Crippen LogP contribution in [0.25, 0.3) is 5.78 Å². The molecule has 1 saturated heterocycles. The van der Waals surface area contributed by atoms with Crippen molar-refractivity contribution in [1.29, 1.82) is 0 Å². The summed E-state index contributed by atoms with van der Waals surface area (Å²) in [5.74, 6) is 0.670. The Kier molecular flexibility index (Phi) is 5.90. The van der Waals surface area contributed by atoms with Gasteiger partial charge >= 0.3 is 0 Å². The molecule has 0 bridgehead atoms. The number of anilines is 2. The maximum atomic E-state index is 13.1. The van der Waals surface area contributed by atoms with Crippen molar-refractivity contribution in [2.45, 2.75) is 44.6 Å². The Hall–Kier alpha value is -2.65. The molecule has 9 heteroatoms. The van der Waals surface area contributed by atoms with E-state index in [1.54, 1.807) is 16.4 Å². The van der Waals surface area contributed by atoms with Gasteiger partial charge in [-0.1, -0.05) is 6.42 Å². The summed E-state index contributed by atoms with van der Waals surface area (Å²) in [4.78, 5) is 11.4. The third-order valence-electron chi connectivity index (χ3n) is 5.67. The number of imidazole rings is 1. The fourth-order valence-electron chi connectivity index (χ4n) is 4.05. The number of aromatic nitrogens is 3. The first-order chi connectivity index (χ1) is 14.8. The molecular formula is C22H30N6O2S. The van der Waals surface area contributed by atoms with E-state index in [0.29, 0.717) is 30.3 Å². The lowest BCUT2D eigenvalue weighted by atomic mass is 10.2. The zero-order chi connectivity index (χ0) is 22.2. The van der Waals surface area contributed by atoms with E-state index >= 15 is 0 Å². The van der Waals surface area contributed by atoms with E-state index in [4.69, 9.17) is 0 Å². The summed E-state index contributed by atoms with van der Waals surface area (Å²) in [6, 6.07) is 7.32. The van der Waals surface area contributed by atoms with Gasteiger partial charge in [-0.3, -0.25) is 4.40 Å². The maximum Gasteiger partial charge on any atom is 0.243 e. The Balaban J connectivity index is 1.62. The summed E-state index contributed by atoms with van der Waals surface area (Å²) >= 11 is 0. The highest BCUT2D eigenvalue weighted by Gasteiger charge is 2.26. The zero-order valence-corrected chi connectivity index (χ0v) is 19.4. The molecule has 0 unspecified atom stereocenters. The molecule has 0 aliphatic carbocycles. The van der Waals surface area contributed by atoms with E-state index in [0.717, 1.165) is 47.7 Å². The van der Waals surface area contributed by atoms with Crippen LogP contribution in [0.2, 0.25) is 0 Å². The van der Waals surface area contributed by atoms with Crippen LogP contribution >= 0.6 is 0 Å². The van der Waals surface area contributed by atoms with E-state index in [1.807, 2.05) is 55.6 Å². The number of sulfonamides is 1. The molecule has 1 aromatic carbocycles. The van der Waals surface area contributed by atoms with Gasteiger partial charge in [0, 0.05) is 44.8 Å². The zero-order valence-electron chi connectivity index (χ0n) is 18.6. The molecule has 0 atom stereocenters. The minimum absolute atomic E-state index is 0.325. The van der Waals surface area contributed by atoms with Crippen LogP contribution in [0.4, 0.5) is 11.4 Å². The topological polar surface area (TPSA) is 82.8 Å². The Morgan fingerprint density at radius 2 is 1.81 bits per heavy atom. The van der Waals surface area contributed by atoms with Crippen LogP contribution in [0, 0.1) is 13.8 Å². The van der Waals surface area contributed by atoms with Crippen LogP contribution in [0.1, 0.15) is 36.3 Å². The monoisotopic (exact) mass is 442 g/mol. The molecule has 1 N–H and O–H groups in total. The largest absolute Gasteiger partial charge is 0.378 e. The van der Waals surface area contributed by atoms with Gasteiger partial charge in [0.1, 0.15) is 0 Å². The molecule has 1 aliphatic heterocycles. The molecule has 0 saturated carbocycles. The van der Waals surface area contributed by atoms with Gasteiger partial charge in [0.05, 0.1) is 28.5 Å². The summed E-state index contributed by atoms with van der Waals surface area (Å²) in [5, 5.41) is 3.39. The van der Waals surface area contributed by atoms with Crippen molar-refractivity contribution in [3.8, 4) is 0 Å². The number of aryl methyl sites for hydroxylation is 2. The molecule has 31 heavy (non-hydrogen) atoms. The predicted molar refractivity (Wildman–Crippen MR) is 123 cm³/mol. The van der Waals surface area contributed by atoms with Crippen LogP contribution in [-0.2, 0) is 16.6 Å². The van der Waals surface area contributed by atoms with Gasteiger partial charge in [0.15, 0.2) is 0 Å². The molecule has 4 rings (SSSR count). The Morgan fingerprint density at radius 1 is 1.06 bits per heavy atom. The summed E-state index contributed by atoms with van der Waals surface area (Å²) in [7, 11) is 0.394. The molecular weight excluding hydrogens is 412 g/mol. The van der Waals surface area contributed by atoms with Crippen molar-refractivity contribution < 1.29 is 8.42 Å². The molecule has 2 aromatic heterocycles. The second-order valence-corrected chi connectivity index (χ2v) is 10.3. The van der Waals surface area contributed by atoms with Crippen molar-refractivity contribution in [2.75, 3.05) is 37.4 Å². The molecule has 8 nitrogen and oxygen atoms in total. The lowest BCUT2D eigenvalue weighted by Gasteiger charge is -2.27. The summed E-state index contributed by atoms with van der Waals surface area (Å²) in [6.45, 7) is 5.63. The van der Waals surface area contributed by atoms with Crippen LogP contribution in [0.15, 0.2) is 35.4 Å². The van der Waals surface area contributed by atoms with E-state index in [9.17, 15) is 8.42 Å². The maximum absolute atomic E-state index is 13.1. The fraction of sp³-hybridized carbons (Fsp3) is 0.455. The number of nitrogens with one attached hydrogen (secondary N) is 1. The van der Waals surface area contributed by atoms with Crippen LogP contribution < -0.4 is 10.2 Å². The Labute approximate surface area is 184 Å². The van der Waals surface area contributed by atoms with Crippen LogP contribution in [0.3, 0.4) is 0 Å². The Morgan fingerprint density at radius 3 is 2.52 bits per heavy atom. The van der Waals surface area contributed by atoms with Crippen LogP contribution in [0.5, 0.6) is 0 Å². The molecule has 3 aromatic rings. The van der Waals surface area contributed by atoms with E-state index in [2.05, 4.69) is 15.3 Å². The van der Waals surface area contributed by atoms with Gasteiger partial charge in [0.25, 0.3) is 0 Å². The minimum Gasteiger partial charge on any atom is -0.378 e. The van der Waals surface area contributed by atoms with Crippen molar-refractivity contribution in [3.63, 3.8) is 0 Å². The van der Waals surface area contributed by atoms with Gasteiger partial charge in [-0.2, -0.15) is 4.31 Å². The van der Waals surface area contributed by atoms with E-state index in [-0.39, 0.29) is 0 Å². The van der Waals surface area contributed by atoms with E-state index < -0.39 is 10.0 Å². The van der Waals surface area contributed by atoms with Crippen molar-refractivity contribution >= 4 is 27.2 Å². The number of rotatable bonds is 6. The van der Waals surface area contributed by atoms with Gasteiger partial charge < -0.3 is 10.2 Å². The van der Waals surface area contributed by atoms with Gasteiger partial charge in [-0.05, 0) is 51.0 Å². The average Bonchev–Trinajstić information content (AvgIpc) is 3.16. The van der Waals surface area contributed by atoms with Gasteiger partial charge in [0.2, 0.25) is 15.8 Å². The van der Waals surface area contributed by atoms with Crippen molar-refractivity contribution in [1.82, 2.24) is 18.7 Å². The second-order valence-electron chi connectivity index (χ2n) is 8.33. The highest BCUT2D eigenvalue weighted by Crippen LogP contribution is 2.30. The lowest BCUT2D eigenvalue weighted by Crippen LogP contribution is -2.35. The number of nitrogens with zero attached hydrogens (tertiary/aromatic N) is 5. The molecule has 1 aliphatic rings. The highest BCUT2D eigenvalue weighted by atomic mass is 32.2. The number of hydrogen-bond acceptors (Lipinski definition) is 6. The molecule has 166 valence electrons. The average molecular weight is 443 g/mol. The van der Waals surface area contributed by atoms with Crippen molar-refractivity contribution in [3.05, 3.63) is 47.5 Å². The molecule has 3 heterocycles. The summed E-state index contributed by atoms with van der Waals surface area (Å²) < 4.78 is 29.9. The number of hydrogen-bond donors (Lipinski definition) is 1. The first-order valence-corrected chi connectivity index (χ1v) is 12.1. The van der Waals surface area contributed by atoms with Crippen LogP contribution in [-0.4, -0.2) is 54.3 Å². The van der Waals surface area contributed by atoms with E-state index in [1.165, 1.54) is 0 Å². The molecule has 0 spiro atoms. The third kappa shape index (κ3) is 4.38. The summed E-state index contributed by atoms with van der Waals surface area (Å²) in [6.07, 6.45) is 4.89.